The summed E-state index contributed by atoms with van der Waals surface area (Å²) in [5.74, 6) is 1.28. The topological polar surface area (TPSA) is 26.3 Å². The van der Waals surface area contributed by atoms with Crippen molar-refractivity contribution in [3.05, 3.63) is 29.8 Å². The Balaban J connectivity index is 2.67. The smallest absolute Gasteiger partial charge is 0.153 e. The molecule has 1 aromatic carbocycles. The van der Waals surface area contributed by atoms with Crippen molar-refractivity contribution in [3.63, 3.8) is 0 Å². The van der Waals surface area contributed by atoms with E-state index in [0.29, 0.717) is 17.2 Å². The van der Waals surface area contributed by atoms with E-state index < -0.39 is 0 Å². The monoisotopic (exact) mass is 206 g/mol. The van der Waals surface area contributed by atoms with Gasteiger partial charge in [0.05, 0.1) is 11.7 Å². The van der Waals surface area contributed by atoms with Crippen LogP contribution in [0.5, 0.6) is 5.75 Å². The van der Waals surface area contributed by atoms with Gasteiger partial charge in [-0.3, -0.25) is 4.79 Å². The third kappa shape index (κ3) is 3.74. The van der Waals surface area contributed by atoms with Crippen LogP contribution in [0.4, 0.5) is 0 Å². The molecule has 15 heavy (non-hydrogen) atoms. The Morgan fingerprint density at radius 3 is 2.53 bits per heavy atom. The van der Waals surface area contributed by atoms with Crippen LogP contribution < -0.4 is 4.74 Å². The Bertz CT molecular complexity index is 318. The first kappa shape index (κ1) is 11.8. The lowest BCUT2D eigenvalue weighted by Crippen LogP contribution is -2.15. The number of hydrogen-bond acceptors (Lipinski definition) is 2. The molecule has 0 fully saturated rings. The van der Waals surface area contributed by atoms with Gasteiger partial charge in [-0.05, 0) is 31.4 Å². The van der Waals surface area contributed by atoms with Crippen LogP contribution >= 0.6 is 0 Å². The fourth-order valence-electron chi connectivity index (χ4n) is 1.61. The van der Waals surface area contributed by atoms with Gasteiger partial charge in [-0.15, -0.1) is 0 Å². The van der Waals surface area contributed by atoms with Gasteiger partial charge in [-0.25, -0.2) is 0 Å². The molecule has 0 N–H and O–H groups in total. The zero-order chi connectivity index (χ0) is 11.3. The van der Waals surface area contributed by atoms with E-state index in [1.54, 1.807) is 6.07 Å². The zero-order valence-corrected chi connectivity index (χ0v) is 9.57. The highest BCUT2D eigenvalue weighted by molar-refractivity contribution is 5.79. The minimum Gasteiger partial charge on any atom is -0.490 e. The minimum atomic E-state index is 0.145. The molecule has 0 aromatic heterocycles. The van der Waals surface area contributed by atoms with E-state index in [9.17, 15) is 4.79 Å². The van der Waals surface area contributed by atoms with Gasteiger partial charge in [0.25, 0.3) is 0 Å². The first-order valence-corrected chi connectivity index (χ1v) is 5.34. The van der Waals surface area contributed by atoms with Crippen molar-refractivity contribution in [2.24, 2.45) is 5.92 Å². The summed E-state index contributed by atoms with van der Waals surface area (Å²) in [7, 11) is 0. The van der Waals surface area contributed by atoms with Crippen LogP contribution in [0.15, 0.2) is 24.3 Å². The van der Waals surface area contributed by atoms with Gasteiger partial charge in [-0.1, -0.05) is 26.0 Å². The Kier molecular flexibility index (Phi) is 4.35. The lowest BCUT2D eigenvalue weighted by molar-refractivity contribution is 0.111. The normalized spacial score (nSPS) is 12.5. The molecule has 1 unspecified atom stereocenters. The minimum absolute atomic E-state index is 0.145. The van der Waals surface area contributed by atoms with Crippen LogP contribution in [0.2, 0.25) is 0 Å². The average molecular weight is 206 g/mol. The predicted octanol–water partition coefficient (Wildman–Crippen LogP) is 3.31. The zero-order valence-electron chi connectivity index (χ0n) is 9.57. The maximum Gasteiger partial charge on any atom is 0.153 e. The maximum absolute atomic E-state index is 10.8. The lowest BCUT2D eigenvalue weighted by Gasteiger charge is -2.17. The van der Waals surface area contributed by atoms with Crippen LogP contribution in [0.3, 0.4) is 0 Å². The number of benzene rings is 1. The second kappa shape index (κ2) is 5.54. The third-order valence-corrected chi connectivity index (χ3v) is 2.18. The Labute approximate surface area is 91.3 Å². The summed E-state index contributed by atoms with van der Waals surface area (Å²) >= 11 is 0. The molecule has 2 heteroatoms. The Morgan fingerprint density at radius 1 is 1.27 bits per heavy atom. The van der Waals surface area contributed by atoms with Crippen molar-refractivity contribution >= 4 is 6.29 Å². The maximum atomic E-state index is 10.8. The number of hydrogen-bond donors (Lipinski definition) is 0. The predicted molar refractivity (Wildman–Crippen MR) is 61.4 cm³/mol. The number of rotatable bonds is 5. The molecule has 0 aliphatic rings. The highest BCUT2D eigenvalue weighted by atomic mass is 16.5. The van der Waals surface area contributed by atoms with Crippen molar-refractivity contribution in [2.75, 3.05) is 0 Å². The number of ether oxygens (including phenoxy) is 1. The molecule has 0 amide bonds. The second-order valence-electron chi connectivity index (χ2n) is 4.21. The van der Waals surface area contributed by atoms with E-state index in [1.165, 1.54) is 0 Å². The summed E-state index contributed by atoms with van der Waals surface area (Å²) in [5, 5.41) is 0. The molecule has 82 valence electrons. The molecular formula is C13H18O2. The van der Waals surface area contributed by atoms with E-state index in [-0.39, 0.29) is 6.10 Å². The molecule has 0 aliphatic carbocycles. The molecule has 0 saturated carbocycles. The summed E-state index contributed by atoms with van der Waals surface area (Å²) < 4.78 is 5.72. The fraction of sp³-hybridized carbons (Fsp3) is 0.462. The first-order chi connectivity index (χ1) is 7.13. The van der Waals surface area contributed by atoms with Crippen LogP contribution in [-0.4, -0.2) is 12.4 Å². The molecule has 0 bridgehead atoms. The van der Waals surface area contributed by atoms with Crippen LogP contribution in [0.1, 0.15) is 37.6 Å². The number of carbonyl (C=O) groups excluding carboxylic acids is 1. The van der Waals surface area contributed by atoms with E-state index >= 15 is 0 Å². The van der Waals surface area contributed by atoms with Crippen molar-refractivity contribution in [2.45, 2.75) is 33.3 Å². The molecule has 1 rings (SSSR count). The van der Waals surface area contributed by atoms with Crippen molar-refractivity contribution < 1.29 is 9.53 Å². The number of carbonyl (C=O) groups is 1. The van der Waals surface area contributed by atoms with Crippen molar-refractivity contribution in [3.8, 4) is 5.75 Å². The second-order valence-corrected chi connectivity index (χ2v) is 4.21. The van der Waals surface area contributed by atoms with Crippen LogP contribution in [-0.2, 0) is 0 Å². The van der Waals surface area contributed by atoms with E-state index in [4.69, 9.17) is 4.74 Å². The summed E-state index contributed by atoms with van der Waals surface area (Å²) in [4.78, 5) is 10.8. The summed E-state index contributed by atoms with van der Waals surface area (Å²) in [6, 6.07) is 7.32. The molecule has 1 aromatic rings. The van der Waals surface area contributed by atoms with Gasteiger partial charge in [-0.2, -0.15) is 0 Å². The Morgan fingerprint density at radius 2 is 1.93 bits per heavy atom. The largest absolute Gasteiger partial charge is 0.490 e. The van der Waals surface area contributed by atoms with Crippen LogP contribution in [0.25, 0.3) is 0 Å². The summed E-state index contributed by atoms with van der Waals surface area (Å²) in [5.41, 5.74) is 0.619. The van der Waals surface area contributed by atoms with Crippen molar-refractivity contribution in [1.29, 1.82) is 0 Å². The standard InChI is InChI=1S/C13H18O2/c1-10(2)8-11(3)15-13-7-5-4-6-12(13)9-14/h4-7,9-11H,8H2,1-3H3. The molecule has 0 saturated heterocycles. The van der Waals surface area contributed by atoms with Gasteiger partial charge in [0, 0.05) is 0 Å². The van der Waals surface area contributed by atoms with Gasteiger partial charge in [0.1, 0.15) is 5.75 Å². The molecule has 0 aliphatic heterocycles. The SMILES string of the molecule is CC(C)CC(C)Oc1ccccc1C=O. The highest BCUT2D eigenvalue weighted by Crippen LogP contribution is 2.19. The third-order valence-electron chi connectivity index (χ3n) is 2.18. The molecular weight excluding hydrogens is 188 g/mol. The first-order valence-electron chi connectivity index (χ1n) is 5.34. The van der Waals surface area contributed by atoms with Gasteiger partial charge in [0.15, 0.2) is 6.29 Å². The van der Waals surface area contributed by atoms with E-state index in [0.717, 1.165) is 12.7 Å². The number of aldehydes is 1. The van der Waals surface area contributed by atoms with Crippen LogP contribution in [0, 0.1) is 5.92 Å². The van der Waals surface area contributed by atoms with Gasteiger partial charge in [0.2, 0.25) is 0 Å². The molecule has 0 heterocycles. The molecule has 0 spiro atoms. The number of para-hydroxylation sites is 1. The summed E-state index contributed by atoms with van der Waals surface area (Å²) in [6.07, 6.45) is 1.97. The highest BCUT2D eigenvalue weighted by Gasteiger charge is 2.08. The molecule has 1 atom stereocenters. The van der Waals surface area contributed by atoms with Crippen molar-refractivity contribution in [1.82, 2.24) is 0 Å². The molecule has 0 radical (unpaired) electrons. The summed E-state index contributed by atoms with van der Waals surface area (Å²) in [6.45, 7) is 6.35. The fourth-order valence-corrected chi connectivity index (χ4v) is 1.61. The quantitative estimate of drug-likeness (QED) is 0.691. The Hall–Kier alpha value is -1.31. The van der Waals surface area contributed by atoms with Gasteiger partial charge >= 0.3 is 0 Å². The van der Waals surface area contributed by atoms with Gasteiger partial charge < -0.3 is 4.74 Å². The van der Waals surface area contributed by atoms with E-state index in [2.05, 4.69) is 13.8 Å². The lowest BCUT2D eigenvalue weighted by atomic mass is 10.1. The molecule has 2 nitrogen and oxygen atoms in total. The average Bonchev–Trinajstić information content (AvgIpc) is 2.17. The van der Waals surface area contributed by atoms with E-state index in [1.807, 2.05) is 25.1 Å².